The number of rotatable bonds is 7. The summed E-state index contributed by atoms with van der Waals surface area (Å²) in [6, 6.07) is 17.5. The summed E-state index contributed by atoms with van der Waals surface area (Å²) in [5.41, 5.74) is 0.630. The van der Waals surface area contributed by atoms with E-state index in [1.54, 1.807) is 31.0 Å². The summed E-state index contributed by atoms with van der Waals surface area (Å²) in [5, 5.41) is 2.93. The normalized spacial score (nSPS) is 10.1. The third kappa shape index (κ3) is 5.16. The van der Waals surface area contributed by atoms with Gasteiger partial charge in [-0.2, -0.15) is 0 Å². The second kappa shape index (κ2) is 8.37. The number of nitrogens with one attached hydrogen (secondary N) is 1. The molecule has 2 aromatic rings. The van der Waals surface area contributed by atoms with Crippen LogP contribution in [0, 0.1) is 0 Å². The summed E-state index contributed by atoms with van der Waals surface area (Å²) >= 11 is 1.80. The molecular formula is C17H19NO2S. The summed E-state index contributed by atoms with van der Waals surface area (Å²) in [7, 11) is 1.60. The summed E-state index contributed by atoms with van der Waals surface area (Å²) in [6.07, 6.45) is 0.940. The molecule has 0 fully saturated rings. The molecule has 1 N–H and O–H groups in total. The van der Waals surface area contributed by atoms with Gasteiger partial charge >= 0.3 is 0 Å². The Morgan fingerprint density at radius 1 is 1.14 bits per heavy atom. The predicted molar refractivity (Wildman–Crippen MR) is 87.1 cm³/mol. The molecule has 0 radical (unpaired) electrons. The molecule has 110 valence electrons. The van der Waals surface area contributed by atoms with Gasteiger partial charge in [0.1, 0.15) is 5.75 Å². The van der Waals surface area contributed by atoms with Gasteiger partial charge in [0, 0.05) is 17.0 Å². The second-order valence-corrected chi connectivity index (χ2v) is 5.67. The fourth-order valence-corrected chi connectivity index (χ4v) is 2.72. The lowest BCUT2D eigenvalue weighted by molar-refractivity contribution is 0.0953. The molecule has 0 spiro atoms. The number of thioether (sulfide) groups is 1. The van der Waals surface area contributed by atoms with Crippen LogP contribution in [-0.4, -0.2) is 25.3 Å². The van der Waals surface area contributed by atoms with E-state index >= 15 is 0 Å². The van der Waals surface area contributed by atoms with Crippen molar-refractivity contribution in [2.45, 2.75) is 11.3 Å². The van der Waals surface area contributed by atoms with E-state index in [2.05, 4.69) is 17.4 Å². The van der Waals surface area contributed by atoms with Crippen molar-refractivity contribution in [2.75, 3.05) is 19.4 Å². The summed E-state index contributed by atoms with van der Waals surface area (Å²) in [4.78, 5) is 13.2. The first-order valence-electron chi connectivity index (χ1n) is 6.89. The Morgan fingerprint density at radius 2 is 1.95 bits per heavy atom. The van der Waals surface area contributed by atoms with Crippen molar-refractivity contribution >= 4 is 17.7 Å². The Bertz CT molecular complexity index is 572. The minimum Gasteiger partial charge on any atom is -0.497 e. The van der Waals surface area contributed by atoms with Crippen LogP contribution in [0.1, 0.15) is 16.8 Å². The molecule has 21 heavy (non-hydrogen) atoms. The van der Waals surface area contributed by atoms with E-state index in [0.29, 0.717) is 17.9 Å². The summed E-state index contributed by atoms with van der Waals surface area (Å²) in [5.74, 6) is 1.63. The molecule has 0 aromatic heterocycles. The highest BCUT2D eigenvalue weighted by Gasteiger charge is 2.05. The maximum absolute atomic E-state index is 12.0. The molecule has 3 nitrogen and oxygen atoms in total. The van der Waals surface area contributed by atoms with Gasteiger partial charge < -0.3 is 10.1 Å². The Balaban J connectivity index is 1.69. The molecule has 0 heterocycles. The molecule has 1 amide bonds. The van der Waals surface area contributed by atoms with Gasteiger partial charge in [-0.3, -0.25) is 4.79 Å². The van der Waals surface area contributed by atoms with Crippen LogP contribution in [0.15, 0.2) is 59.5 Å². The topological polar surface area (TPSA) is 38.3 Å². The number of hydrogen-bond acceptors (Lipinski definition) is 3. The zero-order chi connectivity index (χ0) is 14.9. The minimum absolute atomic E-state index is 0.0568. The van der Waals surface area contributed by atoms with E-state index in [-0.39, 0.29) is 5.91 Å². The van der Waals surface area contributed by atoms with Gasteiger partial charge in [0.2, 0.25) is 0 Å². The number of hydrogen-bond donors (Lipinski definition) is 1. The first kappa shape index (κ1) is 15.4. The van der Waals surface area contributed by atoms with Gasteiger partial charge in [0.25, 0.3) is 5.91 Å². The Morgan fingerprint density at radius 3 is 2.71 bits per heavy atom. The van der Waals surface area contributed by atoms with Crippen molar-refractivity contribution in [3.63, 3.8) is 0 Å². The first-order valence-corrected chi connectivity index (χ1v) is 7.88. The largest absolute Gasteiger partial charge is 0.497 e. The van der Waals surface area contributed by atoms with Crippen molar-refractivity contribution in [1.29, 1.82) is 0 Å². The van der Waals surface area contributed by atoms with Crippen LogP contribution in [0.2, 0.25) is 0 Å². The molecule has 2 rings (SSSR count). The lowest BCUT2D eigenvalue weighted by Crippen LogP contribution is -2.24. The zero-order valence-corrected chi connectivity index (χ0v) is 12.9. The average molecular weight is 301 g/mol. The number of methoxy groups -OCH3 is 1. The van der Waals surface area contributed by atoms with Crippen molar-refractivity contribution in [2.24, 2.45) is 0 Å². The van der Waals surface area contributed by atoms with Crippen LogP contribution in [-0.2, 0) is 0 Å². The fraction of sp³-hybridized carbons (Fsp3) is 0.235. The highest BCUT2D eigenvalue weighted by atomic mass is 32.2. The van der Waals surface area contributed by atoms with Gasteiger partial charge in [-0.1, -0.05) is 24.3 Å². The van der Waals surface area contributed by atoms with Crippen LogP contribution >= 0.6 is 11.8 Å². The molecule has 0 bridgehead atoms. The van der Waals surface area contributed by atoms with E-state index in [1.807, 2.05) is 30.3 Å². The lowest BCUT2D eigenvalue weighted by atomic mass is 10.2. The Hall–Kier alpha value is -1.94. The maximum Gasteiger partial charge on any atom is 0.251 e. The number of amides is 1. The number of ether oxygens (including phenoxy) is 1. The van der Waals surface area contributed by atoms with E-state index in [0.717, 1.165) is 12.2 Å². The van der Waals surface area contributed by atoms with Crippen LogP contribution in [0.4, 0.5) is 0 Å². The average Bonchev–Trinajstić information content (AvgIpc) is 2.55. The van der Waals surface area contributed by atoms with Crippen LogP contribution in [0.3, 0.4) is 0 Å². The maximum atomic E-state index is 12.0. The van der Waals surface area contributed by atoms with Gasteiger partial charge in [-0.05, 0) is 42.5 Å². The Kier molecular flexibility index (Phi) is 6.16. The summed E-state index contributed by atoms with van der Waals surface area (Å²) in [6.45, 7) is 0.676. The van der Waals surface area contributed by atoms with E-state index in [4.69, 9.17) is 4.74 Å². The highest BCUT2D eigenvalue weighted by Crippen LogP contribution is 2.17. The monoisotopic (exact) mass is 301 g/mol. The minimum atomic E-state index is -0.0568. The van der Waals surface area contributed by atoms with Crippen molar-refractivity contribution in [1.82, 2.24) is 5.32 Å². The molecule has 0 aliphatic rings. The van der Waals surface area contributed by atoms with Gasteiger partial charge in [0.15, 0.2) is 0 Å². The number of carbonyl (C=O) groups excluding carboxylic acids is 1. The number of carbonyl (C=O) groups is 1. The fourth-order valence-electron chi connectivity index (χ4n) is 1.85. The van der Waals surface area contributed by atoms with E-state index < -0.39 is 0 Å². The SMILES string of the molecule is COc1cccc(C(=O)NCCCSc2ccccc2)c1. The van der Waals surface area contributed by atoms with Crippen molar-refractivity contribution in [3.05, 3.63) is 60.2 Å². The molecular weight excluding hydrogens is 282 g/mol. The molecule has 4 heteroatoms. The Labute approximate surface area is 129 Å². The smallest absolute Gasteiger partial charge is 0.251 e. The molecule has 0 atom stereocenters. The molecule has 0 aliphatic carbocycles. The van der Waals surface area contributed by atoms with Crippen LogP contribution in [0.5, 0.6) is 5.75 Å². The molecule has 0 saturated heterocycles. The van der Waals surface area contributed by atoms with E-state index in [1.165, 1.54) is 4.90 Å². The quantitative estimate of drug-likeness (QED) is 0.627. The van der Waals surface area contributed by atoms with Crippen LogP contribution < -0.4 is 10.1 Å². The van der Waals surface area contributed by atoms with Crippen LogP contribution in [0.25, 0.3) is 0 Å². The highest BCUT2D eigenvalue weighted by molar-refractivity contribution is 7.99. The molecule has 2 aromatic carbocycles. The molecule has 0 saturated carbocycles. The zero-order valence-electron chi connectivity index (χ0n) is 12.0. The van der Waals surface area contributed by atoms with Gasteiger partial charge in [-0.25, -0.2) is 0 Å². The van der Waals surface area contributed by atoms with Crippen molar-refractivity contribution in [3.8, 4) is 5.75 Å². The lowest BCUT2D eigenvalue weighted by Gasteiger charge is -2.06. The second-order valence-electron chi connectivity index (χ2n) is 4.50. The third-order valence-electron chi connectivity index (χ3n) is 2.95. The number of benzene rings is 2. The molecule has 0 aliphatic heterocycles. The first-order chi connectivity index (χ1) is 10.3. The summed E-state index contributed by atoms with van der Waals surface area (Å²) < 4.78 is 5.11. The standard InChI is InChI=1S/C17H19NO2S/c1-20-15-8-5-7-14(13-15)17(19)18-11-6-12-21-16-9-3-2-4-10-16/h2-5,7-10,13H,6,11-12H2,1H3,(H,18,19). The predicted octanol–water partition coefficient (Wildman–Crippen LogP) is 3.61. The van der Waals surface area contributed by atoms with Crippen molar-refractivity contribution < 1.29 is 9.53 Å². The van der Waals surface area contributed by atoms with Gasteiger partial charge in [-0.15, -0.1) is 11.8 Å². The van der Waals surface area contributed by atoms with E-state index in [9.17, 15) is 4.79 Å². The third-order valence-corrected chi connectivity index (χ3v) is 4.05. The van der Waals surface area contributed by atoms with Gasteiger partial charge in [0.05, 0.1) is 7.11 Å². The molecule has 0 unspecified atom stereocenters.